The lowest BCUT2D eigenvalue weighted by Crippen LogP contribution is -2.33. The maximum atomic E-state index is 6.14. The molecule has 2 aliphatic rings. The van der Waals surface area contributed by atoms with Gasteiger partial charge in [-0.25, -0.2) is 0 Å². The number of nitrogens with zero attached hydrogens (tertiary/aromatic N) is 4. The highest BCUT2D eigenvalue weighted by Crippen LogP contribution is 2.36. The molecule has 0 saturated carbocycles. The summed E-state index contributed by atoms with van der Waals surface area (Å²) in [6, 6.07) is 1.92. The van der Waals surface area contributed by atoms with Gasteiger partial charge in [-0.1, -0.05) is 6.42 Å². The molecule has 4 rings (SSSR count). The van der Waals surface area contributed by atoms with Crippen LogP contribution in [-0.2, 0) is 11.3 Å². The van der Waals surface area contributed by atoms with E-state index in [0.717, 1.165) is 63.4 Å². The molecule has 2 fully saturated rings. The van der Waals surface area contributed by atoms with Crippen LogP contribution in [0.5, 0.6) is 11.5 Å². The summed E-state index contributed by atoms with van der Waals surface area (Å²) in [5, 5.41) is 8.77. The van der Waals surface area contributed by atoms with Gasteiger partial charge in [0.15, 0.2) is 11.5 Å². The molecule has 1 atom stereocenters. The first-order valence-corrected chi connectivity index (χ1v) is 10.0. The first-order valence-electron chi connectivity index (χ1n) is 10.0. The van der Waals surface area contributed by atoms with Crippen LogP contribution in [0, 0.1) is 0 Å². The van der Waals surface area contributed by atoms with Crippen LogP contribution in [0.15, 0.2) is 16.7 Å². The Bertz CT molecular complexity index is 775. The molecule has 2 aromatic heterocycles. The summed E-state index contributed by atoms with van der Waals surface area (Å²) in [5.74, 6) is 3.15. The number of likely N-dealkylation sites (tertiary alicyclic amines) is 1. The van der Waals surface area contributed by atoms with Crippen molar-refractivity contribution in [3.05, 3.63) is 29.7 Å². The van der Waals surface area contributed by atoms with Gasteiger partial charge < -0.3 is 18.6 Å². The molecule has 0 radical (unpaired) electrons. The second kappa shape index (κ2) is 8.87. The summed E-state index contributed by atoms with van der Waals surface area (Å²) in [5.41, 5.74) is 0.859. The third kappa shape index (κ3) is 3.98. The fourth-order valence-corrected chi connectivity index (χ4v) is 4.11. The Hall–Kier alpha value is -2.19. The fraction of sp³-hybridized carbons (Fsp3) is 0.650. The lowest BCUT2D eigenvalue weighted by molar-refractivity contribution is 0.0766. The third-order valence-corrected chi connectivity index (χ3v) is 5.64. The van der Waals surface area contributed by atoms with E-state index in [1.165, 1.54) is 0 Å². The highest BCUT2D eigenvalue weighted by atomic mass is 16.5. The van der Waals surface area contributed by atoms with Gasteiger partial charge in [-0.2, -0.15) is 0 Å². The number of hydrogen-bond donors (Lipinski definition) is 0. The number of methoxy groups -OCH3 is 2. The van der Waals surface area contributed by atoms with Crippen molar-refractivity contribution in [2.75, 3.05) is 34.0 Å². The van der Waals surface area contributed by atoms with Gasteiger partial charge in [0.2, 0.25) is 11.8 Å². The zero-order valence-electron chi connectivity index (χ0n) is 16.6. The molecule has 0 aliphatic carbocycles. The molecule has 0 spiro atoms. The van der Waals surface area contributed by atoms with E-state index < -0.39 is 0 Å². The molecular formula is C20H28N4O4. The van der Waals surface area contributed by atoms with E-state index in [9.17, 15) is 0 Å². The molecule has 2 aliphatic heterocycles. The van der Waals surface area contributed by atoms with Crippen LogP contribution in [0.4, 0.5) is 0 Å². The van der Waals surface area contributed by atoms with E-state index in [4.69, 9.17) is 18.6 Å². The highest BCUT2D eigenvalue weighted by molar-refractivity contribution is 5.42. The molecule has 2 saturated heterocycles. The minimum Gasteiger partial charge on any atom is -0.493 e. The topological polar surface area (TPSA) is 82.7 Å². The molecule has 2 aromatic rings. The van der Waals surface area contributed by atoms with Crippen LogP contribution < -0.4 is 9.47 Å². The summed E-state index contributed by atoms with van der Waals surface area (Å²) in [4.78, 5) is 6.89. The third-order valence-electron chi connectivity index (χ3n) is 5.64. The van der Waals surface area contributed by atoms with Gasteiger partial charge in [-0.05, 0) is 32.2 Å². The summed E-state index contributed by atoms with van der Waals surface area (Å²) < 4.78 is 22.5. The molecule has 4 heterocycles. The second-order valence-electron chi connectivity index (χ2n) is 7.34. The molecule has 28 heavy (non-hydrogen) atoms. The number of hydrogen-bond acceptors (Lipinski definition) is 8. The van der Waals surface area contributed by atoms with Crippen molar-refractivity contribution < 1.29 is 18.6 Å². The van der Waals surface area contributed by atoms with E-state index in [-0.39, 0.29) is 6.04 Å². The lowest BCUT2D eigenvalue weighted by Gasteiger charge is -2.33. The fourth-order valence-electron chi connectivity index (χ4n) is 4.11. The lowest BCUT2D eigenvalue weighted by atomic mass is 10.0. The minimum atomic E-state index is 0.104. The van der Waals surface area contributed by atoms with Crippen molar-refractivity contribution in [1.29, 1.82) is 0 Å². The van der Waals surface area contributed by atoms with Crippen LogP contribution in [-0.4, -0.2) is 54.1 Å². The average Bonchev–Trinajstić information content (AvgIpc) is 3.24. The van der Waals surface area contributed by atoms with Crippen molar-refractivity contribution in [2.24, 2.45) is 0 Å². The van der Waals surface area contributed by atoms with Crippen molar-refractivity contribution >= 4 is 0 Å². The first kappa shape index (κ1) is 19.1. The van der Waals surface area contributed by atoms with Crippen LogP contribution in [0.3, 0.4) is 0 Å². The second-order valence-corrected chi connectivity index (χ2v) is 7.34. The van der Waals surface area contributed by atoms with Gasteiger partial charge >= 0.3 is 0 Å². The summed E-state index contributed by atoms with van der Waals surface area (Å²) >= 11 is 0. The van der Waals surface area contributed by atoms with Gasteiger partial charge in [0.25, 0.3) is 0 Å². The molecule has 0 unspecified atom stereocenters. The number of piperidine rings is 1. The normalized spacial score (nSPS) is 21.6. The monoisotopic (exact) mass is 388 g/mol. The Balaban J connectivity index is 1.53. The average molecular weight is 388 g/mol. The van der Waals surface area contributed by atoms with E-state index >= 15 is 0 Å². The largest absolute Gasteiger partial charge is 0.493 e. The molecule has 8 nitrogen and oxygen atoms in total. The maximum Gasteiger partial charge on any atom is 0.233 e. The molecule has 152 valence electrons. The Morgan fingerprint density at radius 1 is 1.07 bits per heavy atom. The van der Waals surface area contributed by atoms with E-state index in [1.54, 1.807) is 20.4 Å². The number of aromatic nitrogens is 3. The minimum absolute atomic E-state index is 0.104. The van der Waals surface area contributed by atoms with E-state index in [0.29, 0.717) is 29.9 Å². The summed E-state index contributed by atoms with van der Waals surface area (Å²) in [7, 11) is 3.29. The summed E-state index contributed by atoms with van der Waals surface area (Å²) in [6.45, 7) is 3.14. The quantitative estimate of drug-likeness (QED) is 0.747. The SMILES string of the molecule is COc1ccnc(CN2CCCC[C@H]2c2nnc(C3CCOCC3)o2)c1OC. The van der Waals surface area contributed by atoms with Crippen LogP contribution in [0.1, 0.15) is 61.5 Å². The predicted octanol–water partition coefficient (Wildman–Crippen LogP) is 3.10. The van der Waals surface area contributed by atoms with Gasteiger partial charge in [-0.15, -0.1) is 10.2 Å². The number of ether oxygens (including phenoxy) is 3. The zero-order chi connectivity index (χ0) is 19.3. The number of pyridine rings is 1. The molecular weight excluding hydrogens is 360 g/mol. The van der Waals surface area contributed by atoms with Crippen LogP contribution in [0.2, 0.25) is 0 Å². The standard InChI is InChI=1S/C20H28N4O4/c1-25-17-6-9-21-15(18(17)26-2)13-24-10-4-3-5-16(24)20-23-22-19(28-20)14-7-11-27-12-8-14/h6,9,14,16H,3-5,7-8,10-13H2,1-2H3/t16-/m0/s1. The Morgan fingerprint density at radius 3 is 2.68 bits per heavy atom. The van der Waals surface area contributed by atoms with E-state index in [1.807, 2.05) is 6.07 Å². The van der Waals surface area contributed by atoms with Gasteiger partial charge in [0, 0.05) is 37.9 Å². The Morgan fingerprint density at radius 2 is 1.89 bits per heavy atom. The Labute approximate surface area is 165 Å². The highest BCUT2D eigenvalue weighted by Gasteiger charge is 2.31. The molecule has 0 amide bonds. The smallest absolute Gasteiger partial charge is 0.233 e. The van der Waals surface area contributed by atoms with Crippen molar-refractivity contribution in [1.82, 2.24) is 20.1 Å². The molecule has 0 aromatic carbocycles. The van der Waals surface area contributed by atoms with Crippen molar-refractivity contribution in [3.63, 3.8) is 0 Å². The van der Waals surface area contributed by atoms with Crippen LogP contribution >= 0.6 is 0 Å². The molecule has 0 N–H and O–H groups in total. The van der Waals surface area contributed by atoms with E-state index in [2.05, 4.69) is 20.1 Å². The zero-order valence-corrected chi connectivity index (χ0v) is 16.6. The van der Waals surface area contributed by atoms with Gasteiger partial charge in [-0.3, -0.25) is 9.88 Å². The van der Waals surface area contributed by atoms with Crippen molar-refractivity contribution in [2.45, 2.75) is 50.6 Å². The van der Waals surface area contributed by atoms with Crippen molar-refractivity contribution in [3.8, 4) is 11.5 Å². The maximum absolute atomic E-state index is 6.14. The predicted molar refractivity (Wildman–Crippen MR) is 101 cm³/mol. The molecule has 0 bridgehead atoms. The van der Waals surface area contributed by atoms with Gasteiger partial charge in [0.05, 0.1) is 20.3 Å². The van der Waals surface area contributed by atoms with Crippen LogP contribution in [0.25, 0.3) is 0 Å². The first-order chi connectivity index (χ1) is 13.8. The van der Waals surface area contributed by atoms with Gasteiger partial charge in [0.1, 0.15) is 5.69 Å². The molecule has 8 heteroatoms. The summed E-state index contributed by atoms with van der Waals surface area (Å²) in [6.07, 6.45) is 6.94. The number of rotatable bonds is 6. The Kier molecular flexibility index (Phi) is 6.07.